The van der Waals surface area contributed by atoms with E-state index >= 15 is 0 Å². The van der Waals surface area contributed by atoms with Gasteiger partial charge in [-0.3, -0.25) is 5.10 Å². The number of ether oxygens (including phenoxy) is 1. The summed E-state index contributed by atoms with van der Waals surface area (Å²) in [5.41, 5.74) is 0.675. The lowest BCUT2D eigenvalue weighted by Gasteiger charge is -2.31. The van der Waals surface area contributed by atoms with Crippen LogP contribution in [0.4, 0.5) is 11.8 Å². The van der Waals surface area contributed by atoms with Gasteiger partial charge in [-0.15, -0.1) is 0 Å². The first-order valence-electron chi connectivity index (χ1n) is 5.97. The Hall–Kier alpha value is -2.40. The van der Waals surface area contributed by atoms with Crippen molar-refractivity contribution < 1.29 is 4.74 Å². The van der Waals surface area contributed by atoms with Crippen LogP contribution in [-0.2, 0) is 4.74 Å². The zero-order valence-corrected chi connectivity index (χ0v) is 10.4. The van der Waals surface area contributed by atoms with Crippen LogP contribution in [0.5, 0.6) is 0 Å². The van der Waals surface area contributed by atoms with Gasteiger partial charge >= 0.3 is 0 Å². The highest BCUT2D eigenvalue weighted by atomic mass is 16.5. The summed E-state index contributed by atoms with van der Waals surface area (Å²) in [7, 11) is 1.76. The third-order valence-corrected chi connectivity index (χ3v) is 3.02. The number of nitriles is 1. The topological polar surface area (TPSA) is 103 Å². The van der Waals surface area contributed by atoms with E-state index in [0.29, 0.717) is 31.3 Å². The molecule has 8 nitrogen and oxygen atoms in total. The summed E-state index contributed by atoms with van der Waals surface area (Å²) in [6.45, 7) is 1.70. The highest BCUT2D eigenvalue weighted by Gasteiger charge is 2.23. The molecule has 3 rings (SSSR count). The summed E-state index contributed by atoms with van der Waals surface area (Å²) >= 11 is 0. The quantitative estimate of drug-likeness (QED) is 0.789. The summed E-state index contributed by atoms with van der Waals surface area (Å²) < 4.78 is 5.34. The normalized spacial score (nSPS) is 19.4. The molecule has 3 heterocycles. The van der Waals surface area contributed by atoms with Crippen molar-refractivity contribution in [3.05, 3.63) is 6.20 Å². The lowest BCUT2D eigenvalue weighted by molar-refractivity contribution is 0.0762. The minimum absolute atomic E-state index is 0.427. The molecule has 2 N–H and O–H groups in total. The van der Waals surface area contributed by atoms with E-state index in [1.54, 1.807) is 13.2 Å². The van der Waals surface area contributed by atoms with E-state index in [2.05, 4.69) is 31.6 Å². The number of fused-ring (bicyclic) bond motifs is 1. The SMILES string of the molecule is CNc1nc(N2CCOC(C#N)C2)c2cn[nH]c2n1. The van der Waals surface area contributed by atoms with Gasteiger partial charge in [-0.1, -0.05) is 0 Å². The highest BCUT2D eigenvalue weighted by molar-refractivity contribution is 5.87. The van der Waals surface area contributed by atoms with E-state index in [1.165, 1.54) is 0 Å². The highest BCUT2D eigenvalue weighted by Crippen LogP contribution is 2.25. The Bertz CT molecular complexity index is 631. The molecule has 0 aliphatic carbocycles. The molecule has 1 unspecified atom stereocenters. The van der Waals surface area contributed by atoms with E-state index in [4.69, 9.17) is 10.00 Å². The number of hydrogen-bond donors (Lipinski definition) is 2. The molecule has 1 saturated heterocycles. The second-order valence-electron chi connectivity index (χ2n) is 4.19. The van der Waals surface area contributed by atoms with Gasteiger partial charge in [-0.05, 0) is 0 Å². The Balaban J connectivity index is 2.03. The number of hydrogen-bond acceptors (Lipinski definition) is 7. The number of aromatic nitrogens is 4. The lowest BCUT2D eigenvalue weighted by Crippen LogP contribution is -2.42. The van der Waals surface area contributed by atoms with E-state index < -0.39 is 6.10 Å². The number of nitrogens with one attached hydrogen (secondary N) is 2. The molecular weight excluding hydrogens is 246 g/mol. The van der Waals surface area contributed by atoms with Crippen molar-refractivity contribution in [1.29, 1.82) is 5.26 Å². The smallest absolute Gasteiger partial charge is 0.226 e. The van der Waals surface area contributed by atoms with Crippen molar-refractivity contribution in [2.45, 2.75) is 6.10 Å². The van der Waals surface area contributed by atoms with Gasteiger partial charge in [-0.25, -0.2) is 0 Å². The van der Waals surface area contributed by atoms with Crippen molar-refractivity contribution in [1.82, 2.24) is 20.2 Å². The molecule has 0 bridgehead atoms. The molecule has 2 aromatic heterocycles. The van der Waals surface area contributed by atoms with Crippen LogP contribution in [-0.4, -0.2) is 53.0 Å². The van der Waals surface area contributed by atoms with Gasteiger partial charge in [0.25, 0.3) is 0 Å². The Labute approximate surface area is 109 Å². The summed E-state index contributed by atoms with van der Waals surface area (Å²) in [5, 5.41) is 19.6. The van der Waals surface area contributed by atoms with Gasteiger partial charge in [0.1, 0.15) is 5.82 Å². The fourth-order valence-electron chi connectivity index (χ4n) is 2.09. The van der Waals surface area contributed by atoms with Crippen molar-refractivity contribution in [3.8, 4) is 6.07 Å². The van der Waals surface area contributed by atoms with Crippen molar-refractivity contribution in [3.63, 3.8) is 0 Å². The maximum Gasteiger partial charge on any atom is 0.226 e. The monoisotopic (exact) mass is 259 g/mol. The molecule has 1 fully saturated rings. The summed E-state index contributed by atoms with van der Waals surface area (Å²) in [6.07, 6.45) is 1.27. The first kappa shape index (κ1) is 11.7. The van der Waals surface area contributed by atoms with Crippen LogP contribution in [0.3, 0.4) is 0 Å². The molecular formula is C11H13N7O. The molecule has 2 aromatic rings. The fourth-order valence-corrected chi connectivity index (χ4v) is 2.09. The molecule has 0 amide bonds. The van der Waals surface area contributed by atoms with Crippen LogP contribution >= 0.6 is 0 Å². The predicted molar refractivity (Wildman–Crippen MR) is 68.8 cm³/mol. The number of rotatable bonds is 2. The number of morpholine rings is 1. The van der Waals surface area contributed by atoms with Gasteiger partial charge in [0.15, 0.2) is 11.8 Å². The molecule has 1 atom stereocenters. The first-order valence-corrected chi connectivity index (χ1v) is 5.97. The summed E-state index contributed by atoms with van der Waals surface area (Å²) in [6, 6.07) is 2.13. The molecule has 0 saturated carbocycles. The van der Waals surface area contributed by atoms with Crippen molar-refractivity contribution in [2.24, 2.45) is 0 Å². The van der Waals surface area contributed by atoms with Crippen LogP contribution in [0.1, 0.15) is 0 Å². The molecule has 1 aliphatic heterocycles. The maximum absolute atomic E-state index is 8.96. The number of aromatic amines is 1. The summed E-state index contributed by atoms with van der Waals surface area (Å²) in [4.78, 5) is 10.8. The maximum atomic E-state index is 8.96. The first-order chi connectivity index (χ1) is 9.31. The third kappa shape index (κ3) is 2.04. The zero-order chi connectivity index (χ0) is 13.2. The number of H-pyrrole nitrogens is 1. The van der Waals surface area contributed by atoms with E-state index in [9.17, 15) is 0 Å². The van der Waals surface area contributed by atoms with E-state index in [-0.39, 0.29) is 0 Å². The number of nitrogens with zero attached hydrogens (tertiary/aromatic N) is 5. The van der Waals surface area contributed by atoms with Crippen molar-refractivity contribution >= 4 is 22.8 Å². The Kier molecular flexibility index (Phi) is 2.89. The standard InChI is InChI=1S/C11H13N7O/c1-13-11-15-9-8(5-14-17-9)10(16-11)18-2-3-19-7(4-12)6-18/h5,7H,2-3,6H2,1H3,(H2,13,14,15,16,17). The predicted octanol–water partition coefficient (Wildman–Crippen LogP) is 0.123. The minimum atomic E-state index is -0.427. The lowest BCUT2D eigenvalue weighted by atomic mass is 10.2. The minimum Gasteiger partial charge on any atom is -0.360 e. The van der Waals surface area contributed by atoms with Crippen LogP contribution in [0.15, 0.2) is 6.20 Å². The Morgan fingerprint density at radius 3 is 3.26 bits per heavy atom. The van der Waals surface area contributed by atoms with Crippen LogP contribution in [0.2, 0.25) is 0 Å². The molecule has 0 radical (unpaired) electrons. The Morgan fingerprint density at radius 1 is 1.58 bits per heavy atom. The van der Waals surface area contributed by atoms with E-state index in [1.807, 2.05) is 4.90 Å². The third-order valence-electron chi connectivity index (χ3n) is 3.02. The van der Waals surface area contributed by atoms with Gasteiger partial charge < -0.3 is 15.0 Å². The van der Waals surface area contributed by atoms with Crippen LogP contribution in [0, 0.1) is 11.3 Å². The zero-order valence-electron chi connectivity index (χ0n) is 10.4. The molecule has 98 valence electrons. The van der Waals surface area contributed by atoms with Gasteiger partial charge in [0, 0.05) is 13.6 Å². The number of anilines is 2. The second kappa shape index (κ2) is 4.70. The Morgan fingerprint density at radius 2 is 2.47 bits per heavy atom. The van der Waals surface area contributed by atoms with Gasteiger partial charge in [0.2, 0.25) is 5.95 Å². The second-order valence-corrected chi connectivity index (χ2v) is 4.19. The molecule has 0 aromatic carbocycles. The average Bonchev–Trinajstić information content (AvgIpc) is 2.94. The van der Waals surface area contributed by atoms with Gasteiger partial charge in [-0.2, -0.15) is 20.3 Å². The van der Waals surface area contributed by atoms with Gasteiger partial charge in [0.05, 0.1) is 30.8 Å². The average molecular weight is 259 g/mol. The molecule has 19 heavy (non-hydrogen) atoms. The van der Waals surface area contributed by atoms with Crippen molar-refractivity contribution in [2.75, 3.05) is 37.0 Å². The molecule has 8 heteroatoms. The van der Waals surface area contributed by atoms with Crippen LogP contribution < -0.4 is 10.2 Å². The molecule has 1 aliphatic rings. The molecule has 0 spiro atoms. The summed E-state index contributed by atoms with van der Waals surface area (Å²) in [5.74, 6) is 1.29. The van der Waals surface area contributed by atoms with E-state index in [0.717, 1.165) is 11.2 Å². The fraction of sp³-hybridized carbons (Fsp3) is 0.455. The largest absolute Gasteiger partial charge is 0.360 e. The van der Waals surface area contributed by atoms with Crippen LogP contribution in [0.25, 0.3) is 11.0 Å².